The Kier molecular flexibility index (Phi) is 5.75. The van der Waals surface area contributed by atoms with Gasteiger partial charge in [-0.25, -0.2) is 0 Å². The lowest BCUT2D eigenvalue weighted by Gasteiger charge is -2.23. The number of halogens is 2. The van der Waals surface area contributed by atoms with E-state index in [0.717, 1.165) is 35.3 Å². The Bertz CT molecular complexity index is 352. The summed E-state index contributed by atoms with van der Waals surface area (Å²) in [7, 11) is 0. The predicted octanol–water partition coefficient (Wildman–Crippen LogP) is 2.41. The quantitative estimate of drug-likeness (QED) is 0.877. The van der Waals surface area contributed by atoms with Gasteiger partial charge >= 0.3 is 0 Å². The Morgan fingerprint density at radius 3 is 3.00 bits per heavy atom. The first-order valence-electron chi connectivity index (χ1n) is 5.01. The standard InChI is InChI=1S/C10H13BrN2OS.ClH/c11-9-4-7(6-15-9)10(14)13-8-2-1-3-12-5-8;/h4,6,8,12H,1-3,5H2,(H,13,14);1H. The van der Waals surface area contributed by atoms with Gasteiger partial charge < -0.3 is 10.6 Å². The average Bonchev–Trinajstić information content (AvgIpc) is 2.66. The van der Waals surface area contributed by atoms with Crippen molar-refractivity contribution in [3.63, 3.8) is 0 Å². The van der Waals surface area contributed by atoms with Crippen LogP contribution in [0.4, 0.5) is 0 Å². The van der Waals surface area contributed by atoms with Crippen molar-refractivity contribution in [2.45, 2.75) is 18.9 Å². The molecular formula is C10H14BrClN2OS. The molecule has 0 spiro atoms. The maximum Gasteiger partial charge on any atom is 0.252 e. The lowest BCUT2D eigenvalue weighted by Crippen LogP contribution is -2.45. The van der Waals surface area contributed by atoms with Crippen molar-refractivity contribution in [2.24, 2.45) is 0 Å². The Hall–Kier alpha value is -0.100. The molecule has 2 rings (SSSR count). The normalized spacial score (nSPS) is 19.9. The molecule has 2 N–H and O–H groups in total. The molecule has 1 unspecified atom stereocenters. The minimum atomic E-state index is 0. The molecule has 1 aromatic rings. The third-order valence-corrected chi connectivity index (χ3v) is 3.97. The molecule has 1 aromatic heterocycles. The maximum atomic E-state index is 11.8. The number of hydrogen-bond donors (Lipinski definition) is 2. The number of hydrogen-bond acceptors (Lipinski definition) is 3. The van der Waals surface area contributed by atoms with Gasteiger partial charge in [-0.1, -0.05) is 0 Å². The van der Waals surface area contributed by atoms with Crippen molar-refractivity contribution >= 4 is 45.6 Å². The second kappa shape index (κ2) is 6.59. The number of carbonyl (C=O) groups excluding carboxylic acids is 1. The average molecular weight is 326 g/mol. The molecule has 0 aromatic carbocycles. The van der Waals surface area contributed by atoms with Crippen LogP contribution in [0, 0.1) is 0 Å². The highest BCUT2D eigenvalue weighted by Gasteiger charge is 2.16. The maximum absolute atomic E-state index is 11.8. The summed E-state index contributed by atoms with van der Waals surface area (Å²) in [6.07, 6.45) is 2.21. The van der Waals surface area contributed by atoms with E-state index in [-0.39, 0.29) is 24.4 Å². The Morgan fingerprint density at radius 2 is 2.44 bits per heavy atom. The number of carbonyl (C=O) groups is 1. The van der Waals surface area contributed by atoms with Crippen LogP contribution < -0.4 is 10.6 Å². The van der Waals surface area contributed by atoms with Crippen LogP contribution >= 0.6 is 39.7 Å². The van der Waals surface area contributed by atoms with E-state index in [9.17, 15) is 4.79 Å². The molecule has 1 saturated heterocycles. The molecule has 0 radical (unpaired) electrons. The molecule has 1 aliphatic heterocycles. The predicted molar refractivity (Wildman–Crippen MR) is 72.6 cm³/mol. The summed E-state index contributed by atoms with van der Waals surface area (Å²) in [5.74, 6) is 0.0330. The number of piperidine rings is 1. The molecule has 6 heteroatoms. The fourth-order valence-corrected chi connectivity index (χ4v) is 2.81. The van der Waals surface area contributed by atoms with E-state index in [1.165, 1.54) is 11.3 Å². The zero-order chi connectivity index (χ0) is 10.7. The number of amides is 1. The van der Waals surface area contributed by atoms with Crippen molar-refractivity contribution in [1.82, 2.24) is 10.6 Å². The highest BCUT2D eigenvalue weighted by molar-refractivity contribution is 9.11. The minimum absolute atomic E-state index is 0. The Balaban J connectivity index is 0.00000128. The second-order valence-electron chi connectivity index (χ2n) is 3.66. The van der Waals surface area contributed by atoms with Crippen molar-refractivity contribution in [3.8, 4) is 0 Å². The Morgan fingerprint density at radius 1 is 1.62 bits per heavy atom. The summed E-state index contributed by atoms with van der Waals surface area (Å²) in [4.78, 5) is 11.8. The smallest absolute Gasteiger partial charge is 0.252 e. The van der Waals surface area contributed by atoms with E-state index < -0.39 is 0 Å². The van der Waals surface area contributed by atoms with Crippen molar-refractivity contribution in [3.05, 3.63) is 20.8 Å². The van der Waals surface area contributed by atoms with Gasteiger partial charge in [0, 0.05) is 18.0 Å². The molecule has 16 heavy (non-hydrogen) atoms. The Labute approximate surface area is 114 Å². The van der Waals surface area contributed by atoms with Gasteiger partial charge in [-0.3, -0.25) is 4.79 Å². The lowest BCUT2D eigenvalue weighted by atomic mass is 10.1. The molecule has 1 aliphatic rings. The first kappa shape index (κ1) is 14.0. The fourth-order valence-electron chi connectivity index (χ4n) is 1.67. The number of rotatable bonds is 2. The van der Waals surface area contributed by atoms with Gasteiger partial charge in [0.15, 0.2) is 0 Å². The molecule has 90 valence electrons. The molecule has 1 fully saturated rings. The summed E-state index contributed by atoms with van der Waals surface area (Å²) in [5.41, 5.74) is 0.748. The van der Waals surface area contributed by atoms with Crippen molar-refractivity contribution in [2.75, 3.05) is 13.1 Å². The molecule has 2 heterocycles. The van der Waals surface area contributed by atoms with Crippen LogP contribution in [-0.2, 0) is 0 Å². The number of thiophene rings is 1. The summed E-state index contributed by atoms with van der Waals surface area (Å²) in [6, 6.07) is 2.14. The van der Waals surface area contributed by atoms with Gasteiger partial charge in [0.1, 0.15) is 0 Å². The summed E-state index contributed by atoms with van der Waals surface area (Å²) in [6.45, 7) is 1.95. The van der Waals surface area contributed by atoms with E-state index in [0.29, 0.717) is 0 Å². The van der Waals surface area contributed by atoms with E-state index in [4.69, 9.17) is 0 Å². The molecule has 0 bridgehead atoms. The molecule has 1 amide bonds. The third kappa shape index (κ3) is 3.73. The van der Waals surface area contributed by atoms with Crippen molar-refractivity contribution in [1.29, 1.82) is 0 Å². The highest BCUT2D eigenvalue weighted by Crippen LogP contribution is 2.20. The molecule has 0 aliphatic carbocycles. The highest BCUT2D eigenvalue weighted by atomic mass is 79.9. The molecule has 0 saturated carbocycles. The van der Waals surface area contributed by atoms with E-state index >= 15 is 0 Å². The van der Waals surface area contributed by atoms with Crippen LogP contribution in [0.1, 0.15) is 23.2 Å². The largest absolute Gasteiger partial charge is 0.348 e. The summed E-state index contributed by atoms with van der Waals surface area (Å²) >= 11 is 4.89. The van der Waals surface area contributed by atoms with E-state index in [1.54, 1.807) is 0 Å². The van der Waals surface area contributed by atoms with Crippen LogP contribution in [0.3, 0.4) is 0 Å². The zero-order valence-electron chi connectivity index (χ0n) is 8.66. The van der Waals surface area contributed by atoms with Crippen LogP contribution in [0.15, 0.2) is 15.2 Å². The van der Waals surface area contributed by atoms with E-state index in [2.05, 4.69) is 26.6 Å². The van der Waals surface area contributed by atoms with Crippen molar-refractivity contribution < 1.29 is 4.79 Å². The van der Waals surface area contributed by atoms with Crippen LogP contribution in [0.5, 0.6) is 0 Å². The van der Waals surface area contributed by atoms with E-state index in [1.807, 2.05) is 11.4 Å². The monoisotopic (exact) mass is 324 g/mol. The lowest BCUT2D eigenvalue weighted by molar-refractivity contribution is 0.0931. The van der Waals surface area contributed by atoms with Gasteiger partial charge in [-0.05, 0) is 41.4 Å². The summed E-state index contributed by atoms with van der Waals surface area (Å²) < 4.78 is 0.995. The van der Waals surface area contributed by atoms with Crippen LogP contribution in [0.25, 0.3) is 0 Å². The van der Waals surface area contributed by atoms with Gasteiger partial charge in [0.2, 0.25) is 0 Å². The first-order valence-corrected chi connectivity index (χ1v) is 6.68. The van der Waals surface area contributed by atoms with Crippen LogP contribution in [-0.4, -0.2) is 25.0 Å². The molecular weight excluding hydrogens is 312 g/mol. The molecule has 1 atom stereocenters. The van der Waals surface area contributed by atoms with Gasteiger partial charge in [0.25, 0.3) is 5.91 Å². The zero-order valence-corrected chi connectivity index (χ0v) is 11.9. The third-order valence-electron chi connectivity index (χ3n) is 2.46. The van der Waals surface area contributed by atoms with Gasteiger partial charge in [0.05, 0.1) is 9.35 Å². The topological polar surface area (TPSA) is 41.1 Å². The molecule has 3 nitrogen and oxygen atoms in total. The second-order valence-corrected chi connectivity index (χ2v) is 5.95. The fraction of sp³-hybridized carbons (Fsp3) is 0.500. The van der Waals surface area contributed by atoms with Gasteiger partial charge in [-0.2, -0.15) is 0 Å². The minimum Gasteiger partial charge on any atom is -0.348 e. The SMILES string of the molecule is Cl.O=C(NC1CCCNC1)c1csc(Br)c1. The van der Waals surface area contributed by atoms with Crippen LogP contribution in [0.2, 0.25) is 0 Å². The number of nitrogens with one attached hydrogen (secondary N) is 2. The summed E-state index contributed by atoms with van der Waals surface area (Å²) in [5, 5.41) is 8.18. The van der Waals surface area contributed by atoms with Gasteiger partial charge in [-0.15, -0.1) is 23.7 Å². The first-order chi connectivity index (χ1) is 7.25.